The fraction of sp³-hybridized carbons (Fsp3) is 0.0556. The molecule has 20 heavy (non-hydrogen) atoms. The molecule has 1 N–H and O–H groups in total. The maximum absolute atomic E-state index is 9.67. The zero-order valence-corrected chi connectivity index (χ0v) is 11.0. The lowest BCUT2D eigenvalue weighted by atomic mass is 9.86. The molecular formula is C18H14N2. The molecule has 1 heterocycles. The molecule has 0 aromatic heterocycles. The third-order valence-corrected chi connectivity index (χ3v) is 3.46. The lowest BCUT2D eigenvalue weighted by molar-refractivity contribution is 0.606. The number of rotatable bonds is 2. The third-order valence-electron chi connectivity index (χ3n) is 3.46. The van der Waals surface area contributed by atoms with Crippen molar-refractivity contribution in [3.8, 4) is 6.07 Å². The van der Waals surface area contributed by atoms with Crippen molar-refractivity contribution in [3.63, 3.8) is 0 Å². The van der Waals surface area contributed by atoms with E-state index in [1.165, 1.54) is 0 Å². The minimum Gasteiger partial charge on any atom is -0.367 e. The normalized spacial score (nSPS) is 20.6. The minimum atomic E-state index is -0.804. The first-order chi connectivity index (χ1) is 9.84. The number of hydrogen-bond donors (Lipinski definition) is 1. The summed E-state index contributed by atoms with van der Waals surface area (Å²) in [6.07, 6.45) is 5.82. The smallest absolute Gasteiger partial charge is 0.170 e. The Kier molecular flexibility index (Phi) is 3.10. The van der Waals surface area contributed by atoms with Gasteiger partial charge in [0.05, 0.1) is 0 Å². The van der Waals surface area contributed by atoms with E-state index in [2.05, 4.69) is 23.5 Å². The molecule has 3 rings (SSSR count). The summed E-state index contributed by atoms with van der Waals surface area (Å²) in [5.41, 5.74) is 2.30. The summed E-state index contributed by atoms with van der Waals surface area (Å²) in [6.45, 7) is 0. The Balaban J connectivity index is 2.09. The Bertz CT molecular complexity index is 693. The van der Waals surface area contributed by atoms with Gasteiger partial charge in [0, 0.05) is 0 Å². The second-order valence-electron chi connectivity index (χ2n) is 4.73. The first-order valence-electron chi connectivity index (χ1n) is 6.53. The molecule has 0 amide bonds. The highest BCUT2D eigenvalue weighted by Crippen LogP contribution is 2.30. The molecule has 0 aliphatic carbocycles. The highest BCUT2D eigenvalue weighted by atomic mass is 15.0. The molecule has 0 radical (unpaired) electrons. The van der Waals surface area contributed by atoms with Crippen molar-refractivity contribution in [2.24, 2.45) is 0 Å². The van der Waals surface area contributed by atoms with E-state index in [-0.39, 0.29) is 0 Å². The van der Waals surface area contributed by atoms with Crippen LogP contribution in [-0.2, 0) is 5.54 Å². The van der Waals surface area contributed by atoms with Gasteiger partial charge in [-0.25, -0.2) is 0 Å². The Morgan fingerprint density at radius 1 is 0.900 bits per heavy atom. The number of benzene rings is 2. The van der Waals surface area contributed by atoms with E-state index in [4.69, 9.17) is 0 Å². The maximum Gasteiger partial charge on any atom is 0.170 e. The van der Waals surface area contributed by atoms with Crippen LogP contribution in [0.5, 0.6) is 0 Å². The van der Waals surface area contributed by atoms with E-state index in [1.807, 2.05) is 66.9 Å². The summed E-state index contributed by atoms with van der Waals surface area (Å²) in [5, 5.41) is 12.8. The quantitative estimate of drug-likeness (QED) is 0.893. The number of nitriles is 1. The first kappa shape index (κ1) is 12.3. The van der Waals surface area contributed by atoms with Crippen molar-refractivity contribution < 1.29 is 0 Å². The lowest BCUT2D eigenvalue weighted by Gasteiger charge is -2.28. The maximum atomic E-state index is 9.67. The molecule has 96 valence electrons. The molecule has 2 aromatic carbocycles. The summed E-state index contributed by atoms with van der Waals surface area (Å²) >= 11 is 0. The second kappa shape index (κ2) is 5.07. The van der Waals surface area contributed by atoms with E-state index in [0.29, 0.717) is 0 Å². The highest BCUT2D eigenvalue weighted by Gasteiger charge is 2.30. The Hall–Kier alpha value is -2.79. The van der Waals surface area contributed by atoms with Gasteiger partial charge >= 0.3 is 0 Å². The average Bonchev–Trinajstić information content (AvgIpc) is 2.56. The predicted molar refractivity (Wildman–Crippen MR) is 80.4 cm³/mol. The summed E-state index contributed by atoms with van der Waals surface area (Å²) in [6, 6.07) is 22.3. The number of dihydropyridines is 1. The van der Waals surface area contributed by atoms with Gasteiger partial charge in [0.25, 0.3) is 0 Å². The van der Waals surface area contributed by atoms with Crippen LogP contribution in [-0.4, -0.2) is 0 Å². The van der Waals surface area contributed by atoms with Crippen LogP contribution in [0, 0.1) is 11.3 Å². The summed E-state index contributed by atoms with van der Waals surface area (Å²) in [4.78, 5) is 0. The van der Waals surface area contributed by atoms with Crippen LogP contribution >= 0.6 is 0 Å². The monoisotopic (exact) mass is 258 g/mol. The molecule has 1 atom stereocenters. The fourth-order valence-electron chi connectivity index (χ4n) is 2.39. The molecule has 0 saturated carbocycles. The van der Waals surface area contributed by atoms with Crippen LogP contribution in [0.15, 0.2) is 79.0 Å². The van der Waals surface area contributed by atoms with Crippen molar-refractivity contribution in [2.45, 2.75) is 5.54 Å². The van der Waals surface area contributed by atoms with E-state index in [1.54, 1.807) is 0 Å². The molecule has 0 spiro atoms. The van der Waals surface area contributed by atoms with Gasteiger partial charge in [-0.05, 0) is 35.1 Å². The SMILES string of the molecule is N#CC1(c2ccccc2)C=C(c2ccccc2)C=CN1. The Labute approximate surface area is 118 Å². The largest absolute Gasteiger partial charge is 0.367 e. The number of nitrogens with zero attached hydrogens (tertiary/aromatic N) is 1. The molecule has 0 fully saturated rings. The number of nitrogens with one attached hydrogen (secondary N) is 1. The van der Waals surface area contributed by atoms with Crippen LogP contribution in [0.3, 0.4) is 0 Å². The van der Waals surface area contributed by atoms with Gasteiger partial charge < -0.3 is 5.32 Å². The Morgan fingerprint density at radius 3 is 2.20 bits per heavy atom. The standard InChI is InChI=1S/C18H14N2/c19-14-18(17-9-5-2-6-10-17)13-16(11-12-20-18)15-7-3-1-4-8-15/h1-13,20H. The van der Waals surface area contributed by atoms with Gasteiger partial charge in [0.2, 0.25) is 0 Å². The van der Waals surface area contributed by atoms with E-state index >= 15 is 0 Å². The molecular weight excluding hydrogens is 244 g/mol. The van der Waals surface area contributed by atoms with Gasteiger partial charge in [-0.3, -0.25) is 0 Å². The highest BCUT2D eigenvalue weighted by molar-refractivity contribution is 5.77. The first-order valence-corrected chi connectivity index (χ1v) is 6.53. The topological polar surface area (TPSA) is 35.8 Å². The van der Waals surface area contributed by atoms with Gasteiger partial charge in [-0.15, -0.1) is 0 Å². The van der Waals surface area contributed by atoms with Crippen LogP contribution in [0.25, 0.3) is 5.57 Å². The predicted octanol–water partition coefficient (Wildman–Crippen LogP) is 3.61. The second-order valence-corrected chi connectivity index (χ2v) is 4.73. The van der Waals surface area contributed by atoms with Crippen LogP contribution in [0.1, 0.15) is 11.1 Å². The summed E-state index contributed by atoms with van der Waals surface area (Å²) in [7, 11) is 0. The third kappa shape index (κ3) is 2.10. The summed E-state index contributed by atoms with van der Waals surface area (Å²) in [5.74, 6) is 0. The Morgan fingerprint density at radius 2 is 1.55 bits per heavy atom. The van der Waals surface area contributed by atoms with Crippen LogP contribution in [0.4, 0.5) is 0 Å². The summed E-state index contributed by atoms with van der Waals surface area (Å²) < 4.78 is 0. The molecule has 2 heteroatoms. The molecule has 0 bridgehead atoms. The number of allylic oxidation sites excluding steroid dienone is 2. The zero-order chi connectivity index (χ0) is 13.8. The fourth-order valence-corrected chi connectivity index (χ4v) is 2.39. The molecule has 0 saturated heterocycles. The van der Waals surface area contributed by atoms with E-state index < -0.39 is 5.54 Å². The molecule has 1 aliphatic heterocycles. The lowest BCUT2D eigenvalue weighted by Crippen LogP contribution is -2.37. The van der Waals surface area contributed by atoms with Crippen molar-refractivity contribution in [1.29, 1.82) is 5.26 Å². The minimum absolute atomic E-state index is 0.804. The molecule has 2 nitrogen and oxygen atoms in total. The molecule has 1 aliphatic rings. The van der Waals surface area contributed by atoms with Crippen molar-refractivity contribution >= 4 is 5.57 Å². The van der Waals surface area contributed by atoms with E-state index in [9.17, 15) is 5.26 Å². The van der Waals surface area contributed by atoms with Crippen molar-refractivity contribution in [3.05, 3.63) is 90.1 Å². The van der Waals surface area contributed by atoms with Gasteiger partial charge in [-0.1, -0.05) is 60.7 Å². The van der Waals surface area contributed by atoms with Crippen LogP contribution < -0.4 is 5.32 Å². The van der Waals surface area contributed by atoms with E-state index in [0.717, 1.165) is 16.7 Å². The van der Waals surface area contributed by atoms with Gasteiger partial charge in [0.15, 0.2) is 5.54 Å². The van der Waals surface area contributed by atoms with Crippen LogP contribution in [0.2, 0.25) is 0 Å². The van der Waals surface area contributed by atoms with Crippen molar-refractivity contribution in [1.82, 2.24) is 5.32 Å². The zero-order valence-electron chi connectivity index (χ0n) is 11.0. The number of hydrogen-bond acceptors (Lipinski definition) is 2. The molecule has 2 aromatic rings. The van der Waals surface area contributed by atoms with Gasteiger partial charge in [0.1, 0.15) is 6.07 Å². The van der Waals surface area contributed by atoms with Gasteiger partial charge in [-0.2, -0.15) is 5.26 Å². The average molecular weight is 258 g/mol. The molecule has 1 unspecified atom stereocenters. The van der Waals surface area contributed by atoms with Crippen molar-refractivity contribution in [2.75, 3.05) is 0 Å².